The first-order valence-corrected chi connectivity index (χ1v) is 7.02. The third-order valence-electron chi connectivity index (χ3n) is 3.33. The number of aliphatic hydroxyl groups is 1. The summed E-state index contributed by atoms with van der Waals surface area (Å²) in [4.78, 5) is 11.9. The molecule has 0 bridgehead atoms. The smallest absolute Gasteiger partial charge is 0.319 e. The van der Waals surface area contributed by atoms with Gasteiger partial charge in [0.1, 0.15) is 5.75 Å². The lowest BCUT2D eigenvalue weighted by Gasteiger charge is -2.15. The fourth-order valence-electron chi connectivity index (χ4n) is 2.14. The van der Waals surface area contributed by atoms with Crippen LogP contribution in [0.15, 0.2) is 48.5 Å². The van der Waals surface area contributed by atoms with Crippen LogP contribution in [0.25, 0.3) is 0 Å². The van der Waals surface area contributed by atoms with E-state index < -0.39 is 6.10 Å². The summed E-state index contributed by atoms with van der Waals surface area (Å²) in [5, 5.41) is 15.5. The minimum absolute atomic E-state index is 0.140. The van der Waals surface area contributed by atoms with Crippen molar-refractivity contribution in [2.75, 3.05) is 19.0 Å². The number of carbonyl (C=O) groups is 1. The average Bonchev–Trinajstić information content (AvgIpc) is 2.53. The molecule has 0 aliphatic carbocycles. The van der Waals surface area contributed by atoms with Crippen molar-refractivity contribution in [1.29, 1.82) is 0 Å². The highest BCUT2D eigenvalue weighted by molar-refractivity contribution is 5.89. The molecule has 2 aromatic carbocycles. The van der Waals surface area contributed by atoms with Crippen LogP contribution in [-0.4, -0.2) is 24.8 Å². The van der Waals surface area contributed by atoms with E-state index in [0.29, 0.717) is 11.4 Å². The molecule has 0 aliphatic rings. The lowest BCUT2D eigenvalue weighted by atomic mass is 10.0. The second-order valence-electron chi connectivity index (χ2n) is 4.94. The molecule has 0 spiro atoms. The molecule has 0 heterocycles. The standard InChI is InChI=1S/C17H20N2O3/c1-12-6-3-4-9-15(12)16(20)11-18-17(21)19-13-7-5-8-14(10-13)22-2/h3-10,16,20H,11H2,1-2H3,(H2,18,19,21). The fraction of sp³-hybridized carbons (Fsp3) is 0.235. The highest BCUT2D eigenvalue weighted by atomic mass is 16.5. The number of hydrogen-bond donors (Lipinski definition) is 3. The topological polar surface area (TPSA) is 70.6 Å². The van der Waals surface area contributed by atoms with Gasteiger partial charge in [-0.1, -0.05) is 30.3 Å². The van der Waals surface area contributed by atoms with Gasteiger partial charge in [-0.3, -0.25) is 0 Å². The number of benzene rings is 2. The first kappa shape index (κ1) is 15.9. The Bertz CT molecular complexity index is 643. The SMILES string of the molecule is COc1cccc(NC(=O)NCC(O)c2ccccc2C)c1. The Morgan fingerprint density at radius 3 is 2.73 bits per heavy atom. The molecule has 5 heteroatoms. The summed E-state index contributed by atoms with van der Waals surface area (Å²) in [6, 6.07) is 14.2. The van der Waals surface area contributed by atoms with Crippen LogP contribution in [0.5, 0.6) is 5.75 Å². The first-order valence-electron chi connectivity index (χ1n) is 7.02. The average molecular weight is 300 g/mol. The minimum atomic E-state index is -0.739. The third kappa shape index (κ3) is 4.23. The highest BCUT2D eigenvalue weighted by Crippen LogP contribution is 2.17. The number of anilines is 1. The minimum Gasteiger partial charge on any atom is -0.497 e. The van der Waals surface area contributed by atoms with Crippen molar-refractivity contribution in [3.8, 4) is 5.75 Å². The van der Waals surface area contributed by atoms with Crippen molar-refractivity contribution >= 4 is 11.7 Å². The molecule has 1 unspecified atom stereocenters. The molecule has 2 rings (SSSR count). The number of carbonyl (C=O) groups excluding carboxylic acids is 1. The monoisotopic (exact) mass is 300 g/mol. The second-order valence-corrected chi connectivity index (χ2v) is 4.94. The fourth-order valence-corrected chi connectivity index (χ4v) is 2.14. The predicted octanol–water partition coefficient (Wildman–Crippen LogP) is 2.86. The van der Waals surface area contributed by atoms with Gasteiger partial charge in [-0.25, -0.2) is 4.79 Å². The van der Waals surface area contributed by atoms with Crippen molar-refractivity contribution in [3.63, 3.8) is 0 Å². The molecule has 0 fully saturated rings. The van der Waals surface area contributed by atoms with Crippen LogP contribution in [0.3, 0.4) is 0 Å². The number of aliphatic hydroxyl groups excluding tert-OH is 1. The van der Waals surface area contributed by atoms with E-state index in [1.165, 1.54) is 0 Å². The van der Waals surface area contributed by atoms with Gasteiger partial charge in [0.05, 0.1) is 13.2 Å². The maximum Gasteiger partial charge on any atom is 0.319 e. The Labute approximate surface area is 129 Å². The molecule has 0 saturated heterocycles. The van der Waals surface area contributed by atoms with Crippen LogP contribution in [-0.2, 0) is 0 Å². The summed E-state index contributed by atoms with van der Waals surface area (Å²) >= 11 is 0. The Hall–Kier alpha value is -2.53. The highest BCUT2D eigenvalue weighted by Gasteiger charge is 2.11. The number of amides is 2. The Morgan fingerprint density at radius 2 is 2.00 bits per heavy atom. The predicted molar refractivity (Wildman–Crippen MR) is 86.2 cm³/mol. The van der Waals surface area contributed by atoms with Crippen molar-refractivity contribution in [2.45, 2.75) is 13.0 Å². The van der Waals surface area contributed by atoms with Gasteiger partial charge >= 0.3 is 6.03 Å². The largest absolute Gasteiger partial charge is 0.497 e. The van der Waals surface area contributed by atoms with Crippen LogP contribution in [0, 0.1) is 6.92 Å². The van der Waals surface area contributed by atoms with Crippen molar-refractivity contribution in [2.24, 2.45) is 0 Å². The number of rotatable bonds is 5. The quantitative estimate of drug-likeness (QED) is 0.795. The van der Waals surface area contributed by atoms with Crippen LogP contribution in [0.4, 0.5) is 10.5 Å². The zero-order valence-corrected chi connectivity index (χ0v) is 12.7. The van der Waals surface area contributed by atoms with Gasteiger partial charge in [-0.2, -0.15) is 0 Å². The molecule has 0 radical (unpaired) electrons. The number of aryl methyl sites for hydroxylation is 1. The zero-order valence-electron chi connectivity index (χ0n) is 12.7. The Kier molecular flexibility index (Phi) is 5.38. The molecule has 2 aromatic rings. The summed E-state index contributed by atoms with van der Waals surface area (Å²) in [5.74, 6) is 0.665. The maximum absolute atomic E-state index is 11.9. The molecule has 0 saturated carbocycles. The second kappa shape index (κ2) is 7.47. The van der Waals surface area contributed by atoms with Crippen molar-refractivity contribution in [3.05, 3.63) is 59.7 Å². The number of urea groups is 1. The molecule has 22 heavy (non-hydrogen) atoms. The van der Waals surface area contributed by atoms with Crippen LogP contribution in [0.1, 0.15) is 17.2 Å². The van der Waals surface area contributed by atoms with E-state index in [1.54, 1.807) is 31.4 Å². The molecule has 5 nitrogen and oxygen atoms in total. The maximum atomic E-state index is 11.9. The Balaban J connectivity index is 1.88. The van der Waals surface area contributed by atoms with Gasteiger partial charge in [0.15, 0.2) is 0 Å². The number of nitrogens with one attached hydrogen (secondary N) is 2. The number of hydrogen-bond acceptors (Lipinski definition) is 3. The Morgan fingerprint density at radius 1 is 1.23 bits per heavy atom. The molecular formula is C17H20N2O3. The summed E-state index contributed by atoms with van der Waals surface area (Å²) in [6.07, 6.45) is -0.739. The summed E-state index contributed by atoms with van der Waals surface area (Å²) in [7, 11) is 1.57. The molecule has 2 amide bonds. The van der Waals surface area contributed by atoms with Gasteiger partial charge < -0.3 is 20.5 Å². The normalized spacial score (nSPS) is 11.6. The van der Waals surface area contributed by atoms with E-state index in [2.05, 4.69) is 10.6 Å². The van der Waals surface area contributed by atoms with E-state index in [-0.39, 0.29) is 12.6 Å². The van der Waals surface area contributed by atoms with E-state index in [4.69, 9.17) is 4.74 Å². The first-order chi connectivity index (χ1) is 10.6. The van der Waals surface area contributed by atoms with E-state index in [9.17, 15) is 9.90 Å². The van der Waals surface area contributed by atoms with Gasteiger partial charge in [0, 0.05) is 18.3 Å². The van der Waals surface area contributed by atoms with Crippen LogP contribution < -0.4 is 15.4 Å². The summed E-state index contributed by atoms with van der Waals surface area (Å²) in [6.45, 7) is 2.07. The van der Waals surface area contributed by atoms with Crippen LogP contribution >= 0.6 is 0 Å². The third-order valence-corrected chi connectivity index (χ3v) is 3.33. The molecule has 0 aromatic heterocycles. The van der Waals surface area contributed by atoms with Crippen LogP contribution in [0.2, 0.25) is 0 Å². The van der Waals surface area contributed by atoms with Crippen molar-refractivity contribution in [1.82, 2.24) is 5.32 Å². The number of ether oxygens (including phenoxy) is 1. The van der Waals surface area contributed by atoms with Gasteiger partial charge in [-0.05, 0) is 30.2 Å². The van der Waals surface area contributed by atoms with Gasteiger partial charge in [-0.15, -0.1) is 0 Å². The molecular weight excluding hydrogens is 280 g/mol. The van der Waals surface area contributed by atoms with E-state index in [0.717, 1.165) is 11.1 Å². The molecule has 116 valence electrons. The molecule has 0 aliphatic heterocycles. The van der Waals surface area contributed by atoms with E-state index in [1.807, 2.05) is 31.2 Å². The molecule has 3 N–H and O–H groups in total. The summed E-state index contributed by atoms with van der Waals surface area (Å²) in [5.41, 5.74) is 2.43. The zero-order chi connectivity index (χ0) is 15.9. The number of methoxy groups -OCH3 is 1. The lowest BCUT2D eigenvalue weighted by molar-refractivity contribution is 0.174. The molecule has 1 atom stereocenters. The summed E-state index contributed by atoms with van der Waals surface area (Å²) < 4.78 is 5.09. The van der Waals surface area contributed by atoms with Gasteiger partial charge in [0.25, 0.3) is 0 Å². The lowest BCUT2D eigenvalue weighted by Crippen LogP contribution is -2.32. The van der Waals surface area contributed by atoms with E-state index >= 15 is 0 Å². The van der Waals surface area contributed by atoms with Crippen molar-refractivity contribution < 1.29 is 14.6 Å². The van der Waals surface area contributed by atoms with Gasteiger partial charge in [0.2, 0.25) is 0 Å².